The molecule has 1 amide bonds. The summed E-state index contributed by atoms with van der Waals surface area (Å²) in [5, 5.41) is 0.257. The highest BCUT2D eigenvalue weighted by molar-refractivity contribution is 6.29. The number of nitrogens with two attached hydrogens (primary N) is 1. The van der Waals surface area contributed by atoms with Crippen molar-refractivity contribution in [3.05, 3.63) is 49.9 Å². The van der Waals surface area contributed by atoms with Crippen LogP contribution in [0.25, 0.3) is 0 Å². The number of anilines is 2. The number of hydrogen-bond acceptors (Lipinski definition) is 5. The molecule has 0 unspecified atom stereocenters. The van der Waals surface area contributed by atoms with Crippen molar-refractivity contribution >= 4 is 29.0 Å². The van der Waals surface area contributed by atoms with Gasteiger partial charge in [0.15, 0.2) is 5.69 Å². The Morgan fingerprint density at radius 3 is 2.63 bits per heavy atom. The van der Waals surface area contributed by atoms with E-state index < -0.39 is 17.2 Å². The van der Waals surface area contributed by atoms with E-state index in [1.807, 2.05) is 20.8 Å². The predicted octanol–water partition coefficient (Wildman–Crippen LogP) is 2.27. The Kier molecular flexibility index (Phi) is 6.79. The molecule has 0 aliphatic heterocycles. The van der Waals surface area contributed by atoms with Crippen molar-refractivity contribution in [1.29, 1.82) is 0 Å². The van der Waals surface area contributed by atoms with Crippen LogP contribution in [0.4, 0.5) is 11.5 Å². The van der Waals surface area contributed by atoms with E-state index in [-0.39, 0.29) is 34.7 Å². The number of nitrogens with one attached hydrogen (secondary N) is 1. The van der Waals surface area contributed by atoms with Gasteiger partial charge in [-0.05, 0) is 24.5 Å². The molecule has 0 bridgehead atoms. The second-order valence-electron chi connectivity index (χ2n) is 6.68. The lowest BCUT2D eigenvalue weighted by atomic mass is 10.1. The summed E-state index contributed by atoms with van der Waals surface area (Å²) in [5.74, 6) is -0.400. The van der Waals surface area contributed by atoms with Crippen molar-refractivity contribution in [3.8, 4) is 0 Å². The van der Waals surface area contributed by atoms with Crippen LogP contribution in [0.3, 0.4) is 0 Å². The number of hydrogen-bond donors (Lipinski definition) is 2. The molecule has 0 saturated heterocycles. The van der Waals surface area contributed by atoms with Crippen molar-refractivity contribution in [2.75, 3.05) is 17.2 Å². The average Bonchev–Trinajstić information content (AvgIpc) is 2.60. The van der Waals surface area contributed by atoms with E-state index in [1.54, 1.807) is 0 Å². The number of nitrogens with zero attached hydrogens (tertiary/aromatic N) is 3. The Labute approximate surface area is 162 Å². The van der Waals surface area contributed by atoms with Gasteiger partial charge in [0.25, 0.3) is 11.5 Å². The van der Waals surface area contributed by atoms with Crippen molar-refractivity contribution in [2.45, 2.75) is 40.2 Å². The zero-order valence-electron chi connectivity index (χ0n) is 15.7. The van der Waals surface area contributed by atoms with Gasteiger partial charge in [0.1, 0.15) is 11.0 Å². The van der Waals surface area contributed by atoms with Crippen LogP contribution in [0.15, 0.2) is 27.9 Å². The minimum atomic E-state index is -0.693. The Morgan fingerprint density at radius 1 is 1.37 bits per heavy atom. The van der Waals surface area contributed by atoms with E-state index in [9.17, 15) is 14.4 Å². The number of unbranched alkanes of at least 4 members (excludes halogenated alkanes) is 1. The predicted molar refractivity (Wildman–Crippen MR) is 106 cm³/mol. The van der Waals surface area contributed by atoms with Crippen LogP contribution in [0, 0.1) is 5.92 Å². The lowest BCUT2D eigenvalue weighted by molar-refractivity contribution is 0.0983. The highest BCUT2D eigenvalue weighted by Crippen LogP contribution is 2.21. The van der Waals surface area contributed by atoms with Gasteiger partial charge in [-0.1, -0.05) is 38.8 Å². The molecule has 0 saturated carbocycles. The smallest absolute Gasteiger partial charge is 0.330 e. The van der Waals surface area contributed by atoms with Gasteiger partial charge in [-0.2, -0.15) is 0 Å². The summed E-state index contributed by atoms with van der Waals surface area (Å²) in [5.41, 5.74) is 5.12. The first kappa shape index (κ1) is 20.7. The molecule has 9 heteroatoms. The molecule has 27 heavy (non-hydrogen) atoms. The van der Waals surface area contributed by atoms with Crippen molar-refractivity contribution in [3.63, 3.8) is 0 Å². The fraction of sp³-hybridized carbons (Fsp3) is 0.444. The van der Waals surface area contributed by atoms with Gasteiger partial charge in [-0.15, -0.1) is 0 Å². The van der Waals surface area contributed by atoms with Crippen LogP contribution in [-0.2, 0) is 6.54 Å². The lowest BCUT2D eigenvalue weighted by Crippen LogP contribution is -2.42. The van der Waals surface area contributed by atoms with Gasteiger partial charge in [0.2, 0.25) is 0 Å². The lowest BCUT2D eigenvalue weighted by Gasteiger charge is -2.26. The molecule has 0 atom stereocenters. The van der Waals surface area contributed by atoms with Crippen LogP contribution in [0.2, 0.25) is 5.15 Å². The van der Waals surface area contributed by atoms with Gasteiger partial charge < -0.3 is 10.6 Å². The first-order valence-electron chi connectivity index (χ1n) is 8.82. The topological polar surface area (TPSA) is 114 Å². The monoisotopic (exact) mass is 393 g/mol. The summed E-state index contributed by atoms with van der Waals surface area (Å²) in [6.45, 7) is 6.42. The van der Waals surface area contributed by atoms with Crippen LogP contribution in [-0.4, -0.2) is 27.0 Å². The molecular weight excluding hydrogens is 370 g/mol. The average molecular weight is 394 g/mol. The SMILES string of the molecule is CCCCn1c(N)c(N(CC(C)C)C(=O)c2ccc(Cl)nc2)c(=O)[nH]c1=O. The van der Waals surface area contributed by atoms with Gasteiger partial charge in [-0.3, -0.25) is 19.1 Å². The van der Waals surface area contributed by atoms with Gasteiger partial charge in [-0.25, -0.2) is 9.78 Å². The van der Waals surface area contributed by atoms with E-state index in [0.29, 0.717) is 6.54 Å². The summed E-state index contributed by atoms with van der Waals surface area (Å²) in [6, 6.07) is 3.03. The maximum absolute atomic E-state index is 13.1. The molecule has 0 aromatic carbocycles. The van der Waals surface area contributed by atoms with Crippen molar-refractivity contribution in [2.24, 2.45) is 5.92 Å². The highest BCUT2D eigenvalue weighted by Gasteiger charge is 2.26. The van der Waals surface area contributed by atoms with Crippen LogP contribution in [0.1, 0.15) is 44.0 Å². The third-order valence-corrected chi connectivity index (χ3v) is 4.21. The molecule has 3 N–H and O–H groups in total. The number of aromatic amines is 1. The normalized spacial score (nSPS) is 11.0. The van der Waals surface area contributed by atoms with E-state index in [1.165, 1.54) is 27.8 Å². The first-order chi connectivity index (χ1) is 12.8. The van der Waals surface area contributed by atoms with E-state index >= 15 is 0 Å². The van der Waals surface area contributed by atoms with E-state index in [2.05, 4.69) is 9.97 Å². The van der Waals surface area contributed by atoms with Crippen molar-refractivity contribution < 1.29 is 4.79 Å². The van der Waals surface area contributed by atoms with Gasteiger partial charge in [0, 0.05) is 19.3 Å². The molecule has 0 fully saturated rings. The maximum atomic E-state index is 13.1. The quantitative estimate of drug-likeness (QED) is 0.700. The fourth-order valence-electron chi connectivity index (χ4n) is 2.68. The Morgan fingerprint density at radius 2 is 2.07 bits per heavy atom. The van der Waals surface area contributed by atoms with E-state index in [4.69, 9.17) is 17.3 Å². The minimum Gasteiger partial charge on any atom is -0.383 e. The Balaban J connectivity index is 2.59. The summed E-state index contributed by atoms with van der Waals surface area (Å²) in [6.07, 6.45) is 2.91. The minimum absolute atomic E-state index is 0.0203. The molecule has 146 valence electrons. The molecule has 2 rings (SSSR count). The molecule has 0 spiro atoms. The summed E-state index contributed by atoms with van der Waals surface area (Å²) < 4.78 is 1.29. The van der Waals surface area contributed by atoms with Crippen LogP contribution < -0.4 is 21.9 Å². The zero-order chi connectivity index (χ0) is 20.1. The molecule has 2 aromatic rings. The molecule has 0 aliphatic rings. The fourth-order valence-corrected chi connectivity index (χ4v) is 2.79. The number of rotatable bonds is 7. The summed E-state index contributed by atoms with van der Waals surface area (Å²) in [4.78, 5) is 45.2. The Bertz CT molecular complexity index is 918. The van der Waals surface area contributed by atoms with Crippen LogP contribution in [0.5, 0.6) is 0 Å². The number of pyridine rings is 1. The molecule has 0 aliphatic carbocycles. The third kappa shape index (κ3) is 4.77. The number of amides is 1. The van der Waals surface area contributed by atoms with Gasteiger partial charge >= 0.3 is 5.69 Å². The second kappa shape index (κ2) is 8.85. The standard InChI is InChI=1S/C18H24ClN5O3/c1-4-5-8-23-15(20)14(16(25)22-18(23)27)24(10-11(2)3)17(26)12-6-7-13(19)21-9-12/h6-7,9,11H,4-5,8,10,20H2,1-3H3,(H,22,25,27). The summed E-state index contributed by atoms with van der Waals surface area (Å²) >= 11 is 5.79. The van der Waals surface area contributed by atoms with E-state index in [0.717, 1.165) is 12.8 Å². The highest BCUT2D eigenvalue weighted by atomic mass is 35.5. The van der Waals surface area contributed by atoms with Crippen LogP contribution >= 0.6 is 11.6 Å². The summed E-state index contributed by atoms with van der Waals surface area (Å²) in [7, 11) is 0. The number of carbonyl (C=O) groups excluding carboxylic acids is 1. The molecule has 2 aromatic heterocycles. The molecule has 2 heterocycles. The number of halogens is 1. The third-order valence-electron chi connectivity index (χ3n) is 3.99. The number of nitrogen functional groups attached to an aromatic ring is 1. The largest absolute Gasteiger partial charge is 0.383 e. The molecule has 0 radical (unpaired) electrons. The first-order valence-corrected chi connectivity index (χ1v) is 9.20. The van der Waals surface area contributed by atoms with Crippen molar-refractivity contribution in [1.82, 2.24) is 14.5 Å². The zero-order valence-corrected chi connectivity index (χ0v) is 16.4. The number of carbonyl (C=O) groups is 1. The maximum Gasteiger partial charge on any atom is 0.330 e. The van der Waals surface area contributed by atoms with Gasteiger partial charge in [0.05, 0.1) is 5.56 Å². The number of H-pyrrole nitrogens is 1. The molecular formula is C18H24ClN5O3. The Hall–Kier alpha value is -2.61. The molecule has 8 nitrogen and oxygen atoms in total. The second-order valence-corrected chi connectivity index (χ2v) is 7.06. The number of aromatic nitrogens is 3.